The Balaban J connectivity index is 1.38. The number of piperidine rings is 1. The second-order valence-corrected chi connectivity index (χ2v) is 7.75. The van der Waals surface area contributed by atoms with Crippen molar-refractivity contribution in [1.29, 1.82) is 0 Å². The number of halogens is 1. The van der Waals surface area contributed by atoms with Crippen molar-refractivity contribution in [1.82, 2.24) is 9.96 Å². The second kappa shape index (κ2) is 8.45. The van der Waals surface area contributed by atoms with Gasteiger partial charge in [0.15, 0.2) is 0 Å². The molecule has 5 nitrogen and oxygen atoms in total. The fourth-order valence-corrected chi connectivity index (χ4v) is 4.13. The zero-order chi connectivity index (χ0) is 19.5. The van der Waals surface area contributed by atoms with Crippen LogP contribution in [0.3, 0.4) is 0 Å². The number of benzene rings is 2. The van der Waals surface area contributed by atoms with Gasteiger partial charge in [-0.05, 0) is 53.7 Å². The van der Waals surface area contributed by atoms with Crippen molar-refractivity contribution in [3.8, 4) is 11.1 Å². The summed E-state index contributed by atoms with van der Waals surface area (Å²) in [6.45, 7) is 1.57. The van der Waals surface area contributed by atoms with Crippen LogP contribution in [0.4, 0.5) is 0 Å². The van der Waals surface area contributed by atoms with E-state index in [9.17, 15) is 10.3 Å². The van der Waals surface area contributed by atoms with Gasteiger partial charge in [0, 0.05) is 30.5 Å². The molecular formula is C22H24ClN3O2. The maximum absolute atomic E-state index is 10.9. The van der Waals surface area contributed by atoms with Gasteiger partial charge in [0.05, 0.1) is 6.10 Å². The molecule has 2 heterocycles. The Morgan fingerprint density at radius 2 is 1.79 bits per heavy atom. The van der Waals surface area contributed by atoms with E-state index < -0.39 is 6.10 Å². The van der Waals surface area contributed by atoms with Crippen LogP contribution < -0.4 is 0 Å². The molecule has 6 heteroatoms. The topological polar surface area (TPSA) is 59.3 Å². The Hall–Kier alpha value is -2.18. The summed E-state index contributed by atoms with van der Waals surface area (Å²) in [5, 5.41) is 22.6. The first-order valence-corrected chi connectivity index (χ1v) is 9.95. The second-order valence-electron chi connectivity index (χ2n) is 7.32. The highest BCUT2D eigenvalue weighted by Gasteiger charge is 2.31. The number of aliphatic imine (C=N–C) groups is 1. The van der Waals surface area contributed by atoms with Crippen LogP contribution in [0.5, 0.6) is 0 Å². The summed E-state index contributed by atoms with van der Waals surface area (Å²) in [6, 6.07) is 15.8. The zero-order valence-electron chi connectivity index (χ0n) is 15.5. The fraction of sp³-hybridized carbons (Fsp3) is 0.318. The molecule has 2 N–H and O–H groups in total. The third-order valence-corrected chi connectivity index (χ3v) is 5.77. The average molecular weight is 398 g/mol. The molecule has 1 fully saturated rings. The average Bonchev–Trinajstić information content (AvgIpc) is 2.74. The van der Waals surface area contributed by atoms with Gasteiger partial charge in [-0.1, -0.05) is 48.0 Å². The monoisotopic (exact) mass is 397 g/mol. The lowest BCUT2D eigenvalue weighted by molar-refractivity contribution is -0.137. The van der Waals surface area contributed by atoms with Crippen molar-refractivity contribution in [2.24, 2.45) is 10.9 Å². The van der Waals surface area contributed by atoms with Crippen molar-refractivity contribution < 1.29 is 10.3 Å². The number of hydroxylamine groups is 2. The van der Waals surface area contributed by atoms with E-state index in [-0.39, 0.29) is 12.2 Å². The number of likely N-dealkylation sites (tertiary alicyclic amines) is 1. The van der Waals surface area contributed by atoms with Gasteiger partial charge in [0.25, 0.3) is 0 Å². The summed E-state index contributed by atoms with van der Waals surface area (Å²) < 4.78 is 0. The summed E-state index contributed by atoms with van der Waals surface area (Å²) in [5.41, 5.74) is 3.09. The third-order valence-electron chi connectivity index (χ3n) is 5.54. The van der Waals surface area contributed by atoms with Crippen molar-refractivity contribution in [2.75, 3.05) is 13.1 Å². The lowest BCUT2D eigenvalue weighted by atomic mass is 9.87. The van der Waals surface area contributed by atoms with E-state index in [1.165, 1.54) is 0 Å². The van der Waals surface area contributed by atoms with E-state index in [2.05, 4.69) is 9.89 Å². The van der Waals surface area contributed by atoms with Crippen LogP contribution in [0.25, 0.3) is 11.1 Å². The standard InChI is InChI=1S/C22H24ClN3O2/c23-20-4-1-3-19(15-20)16-5-7-17(8-6-16)21(27)18-9-13-25(14-10-18)22-24-11-2-12-26(22)28/h1-8,11-12,15,18,21-22,27-28H,9-10,13-14H2. The first-order chi connectivity index (χ1) is 13.6. The van der Waals surface area contributed by atoms with Crippen molar-refractivity contribution in [2.45, 2.75) is 25.2 Å². The number of aliphatic hydroxyl groups is 1. The van der Waals surface area contributed by atoms with E-state index in [0.29, 0.717) is 5.02 Å². The van der Waals surface area contributed by atoms with E-state index in [1.807, 2.05) is 48.5 Å². The van der Waals surface area contributed by atoms with Crippen LogP contribution in [-0.2, 0) is 0 Å². The molecule has 0 bridgehead atoms. The minimum atomic E-state index is -0.490. The van der Waals surface area contributed by atoms with Gasteiger partial charge in [-0.25, -0.2) is 5.06 Å². The number of nitrogens with zero attached hydrogens (tertiary/aromatic N) is 3. The van der Waals surface area contributed by atoms with Crippen LogP contribution in [-0.4, -0.2) is 45.9 Å². The van der Waals surface area contributed by atoms with Crippen LogP contribution in [0.1, 0.15) is 24.5 Å². The van der Waals surface area contributed by atoms with E-state index in [4.69, 9.17) is 11.6 Å². The van der Waals surface area contributed by atoms with Crippen molar-refractivity contribution in [3.05, 3.63) is 71.4 Å². The molecule has 2 aliphatic heterocycles. The Labute approximate surface area is 170 Å². The number of rotatable bonds is 4. The van der Waals surface area contributed by atoms with Gasteiger partial charge in [-0.15, -0.1) is 0 Å². The Morgan fingerprint density at radius 3 is 2.46 bits per heavy atom. The molecule has 0 spiro atoms. The highest BCUT2D eigenvalue weighted by molar-refractivity contribution is 6.30. The highest BCUT2D eigenvalue weighted by atomic mass is 35.5. The third kappa shape index (κ3) is 4.13. The van der Waals surface area contributed by atoms with E-state index in [0.717, 1.165) is 47.7 Å². The molecule has 4 rings (SSSR count). The molecule has 2 atom stereocenters. The molecule has 2 unspecified atom stereocenters. The zero-order valence-corrected chi connectivity index (χ0v) is 16.3. The first-order valence-electron chi connectivity index (χ1n) is 9.57. The van der Waals surface area contributed by atoms with Crippen LogP contribution in [0.2, 0.25) is 5.02 Å². The number of hydrogen-bond acceptors (Lipinski definition) is 5. The molecule has 146 valence electrons. The number of allylic oxidation sites excluding steroid dienone is 1. The molecule has 0 aromatic heterocycles. The number of hydrogen-bond donors (Lipinski definition) is 2. The maximum Gasteiger partial charge on any atom is 0.201 e. The lowest BCUT2D eigenvalue weighted by Gasteiger charge is -2.39. The molecular weight excluding hydrogens is 374 g/mol. The van der Waals surface area contributed by atoms with Crippen molar-refractivity contribution in [3.63, 3.8) is 0 Å². The van der Waals surface area contributed by atoms with E-state index in [1.54, 1.807) is 18.5 Å². The highest BCUT2D eigenvalue weighted by Crippen LogP contribution is 2.33. The summed E-state index contributed by atoms with van der Waals surface area (Å²) in [6.07, 6.45) is 5.90. The summed E-state index contributed by atoms with van der Waals surface area (Å²) >= 11 is 6.08. The van der Waals surface area contributed by atoms with Gasteiger partial charge in [0.2, 0.25) is 6.29 Å². The molecule has 0 radical (unpaired) electrons. The van der Waals surface area contributed by atoms with Crippen LogP contribution >= 0.6 is 11.6 Å². The lowest BCUT2D eigenvalue weighted by Crippen LogP contribution is -2.48. The molecule has 0 aliphatic carbocycles. The molecule has 2 aliphatic rings. The summed E-state index contributed by atoms with van der Waals surface area (Å²) in [5.74, 6) is 0.198. The van der Waals surface area contributed by atoms with Crippen LogP contribution in [0.15, 0.2) is 65.8 Å². The van der Waals surface area contributed by atoms with Gasteiger partial charge >= 0.3 is 0 Å². The molecule has 2 aromatic carbocycles. The minimum absolute atomic E-state index is 0.198. The maximum atomic E-state index is 10.9. The molecule has 0 amide bonds. The van der Waals surface area contributed by atoms with Gasteiger partial charge in [-0.2, -0.15) is 0 Å². The fourth-order valence-electron chi connectivity index (χ4n) is 3.94. The summed E-state index contributed by atoms with van der Waals surface area (Å²) in [4.78, 5) is 6.46. The van der Waals surface area contributed by atoms with Gasteiger partial charge in [0.1, 0.15) is 0 Å². The predicted octanol–water partition coefficient (Wildman–Crippen LogP) is 4.33. The molecule has 1 saturated heterocycles. The Bertz CT molecular complexity index is 860. The minimum Gasteiger partial charge on any atom is -0.388 e. The Morgan fingerprint density at radius 1 is 1.04 bits per heavy atom. The van der Waals surface area contributed by atoms with Gasteiger partial charge < -0.3 is 5.11 Å². The Kier molecular flexibility index (Phi) is 5.78. The quantitative estimate of drug-likeness (QED) is 0.806. The summed E-state index contributed by atoms with van der Waals surface area (Å²) in [7, 11) is 0. The van der Waals surface area contributed by atoms with E-state index >= 15 is 0 Å². The van der Waals surface area contributed by atoms with Crippen LogP contribution in [0, 0.1) is 5.92 Å². The number of aliphatic hydroxyl groups excluding tert-OH is 1. The normalized spacial score (nSPS) is 21.8. The van der Waals surface area contributed by atoms with Gasteiger partial charge in [-0.3, -0.25) is 15.1 Å². The molecule has 28 heavy (non-hydrogen) atoms. The first kappa shape index (κ1) is 19.2. The smallest absolute Gasteiger partial charge is 0.201 e. The largest absolute Gasteiger partial charge is 0.388 e. The molecule has 2 aromatic rings. The SMILES string of the molecule is OC(c1ccc(-c2cccc(Cl)c2)cc1)C1CCN(C2N=CC=CN2O)CC1. The molecule has 0 saturated carbocycles. The van der Waals surface area contributed by atoms with Crippen molar-refractivity contribution >= 4 is 17.8 Å². The predicted molar refractivity (Wildman–Crippen MR) is 111 cm³/mol.